The van der Waals surface area contributed by atoms with E-state index in [9.17, 15) is 9.59 Å². The van der Waals surface area contributed by atoms with Crippen LogP contribution in [0.25, 0.3) is 0 Å². The molecule has 0 aliphatic carbocycles. The van der Waals surface area contributed by atoms with Crippen LogP contribution >= 0.6 is 11.3 Å². The number of nitrogens with zero attached hydrogens (tertiary/aromatic N) is 4. The summed E-state index contributed by atoms with van der Waals surface area (Å²) >= 11 is 1.50. The summed E-state index contributed by atoms with van der Waals surface area (Å²) in [4.78, 5) is 37.0. The number of amides is 2. The van der Waals surface area contributed by atoms with E-state index in [1.165, 1.54) is 11.3 Å². The maximum absolute atomic E-state index is 12.8. The van der Waals surface area contributed by atoms with Gasteiger partial charge in [0.2, 0.25) is 11.8 Å². The monoisotopic (exact) mass is 379 g/mol. The molecule has 2 saturated heterocycles. The molecule has 1 atom stereocenters. The van der Waals surface area contributed by atoms with E-state index in [-0.39, 0.29) is 17.7 Å². The lowest BCUT2D eigenvalue weighted by atomic mass is 9.96. The van der Waals surface area contributed by atoms with E-state index in [1.807, 2.05) is 18.7 Å². The van der Waals surface area contributed by atoms with Crippen LogP contribution in [0.15, 0.2) is 0 Å². The molecule has 0 spiro atoms. The second-order valence-electron chi connectivity index (χ2n) is 7.41. The van der Waals surface area contributed by atoms with Gasteiger partial charge in [-0.2, -0.15) is 0 Å². The standard InChI is InChI=1S/C18H29N5O2S/c1-13-14(2)26-18(19-13)20-16(24)12-22-6-4-5-15(11-22)17(25)23-9-7-21(3)8-10-23/h15H,4-12H2,1-3H3,(H,19,20,24). The fourth-order valence-electron chi connectivity index (χ4n) is 3.57. The van der Waals surface area contributed by atoms with Crippen molar-refractivity contribution in [2.75, 3.05) is 58.2 Å². The lowest BCUT2D eigenvalue weighted by Gasteiger charge is -2.37. The van der Waals surface area contributed by atoms with Crippen LogP contribution in [0.3, 0.4) is 0 Å². The molecule has 0 saturated carbocycles. The summed E-state index contributed by atoms with van der Waals surface area (Å²) in [6.07, 6.45) is 1.89. The van der Waals surface area contributed by atoms with Crippen LogP contribution in [0.2, 0.25) is 0 Å². The Morgan fingerprint density at radius 1 is 1.19 bits per heavy atom. The van der Waals surface area contributed by atoms with Crippen molar-refractivity contribution >= 4 is 28.3 Å². The molecule has 3 heterocycles. The quantitative estimate of drug-likeness (QED) is 0.851. The Balaban J connectivity index is 1.49. The number of rotatable bonds is 4. The number of piperidine rings is 1. The second kappa shape index (κ2) is 8.45. The number of piperazine rings is 1. The van der Waals surface area contributed by atoms with Crippen molar-refractivity contribution in [3.63, 3.8) is 0 Å². The first-order chi connectivity index (χ1) is 12.4. The van der Waals surface area contributed by atoms with Gasteiger partial charge < -0.3 is 15.1 Å². The lowest BCUT2D eigenvalue weighted by molar-refractivity contribution is -0.139. The van der Waals surface area contributed by atoms with E-state index in [4.69, 9.17) is 0 Å². The first-order valence-electron chi connectivity index (χ1n) is 9.36. The number of nitrogens with one attached hydrogen (secondary N) is 1. The molecule has 8 heteroatoms. The molecule has 0 aromatic carbocycles. The van der Waals surface area contributed by atoms with Gasteiger partial charge in [0.15, 0.2) is 5.13 Å². The Hall–Kier alpha value is -1.51. The molecule has 2 aliphatic rings. The highest BCUT2D eigenvalue weighted by Crippen LogP contribution is 2.22. The number of aromatic nitrogens is 1. The van der Waals surface area contributed by atoms with Gasteiger partial charge in [0.05, 0.1) is 18.2 Å². The number of likely N-dealkylation sites (N-methyl/N-ethyl adjacent to an activating group) is 1. The molecule has 0 radical (unpaired) electrons. The Labute approximate surface area is 159 Å². The molecule has 2 fully saturated rings. The number of hydrogen-bond acceptors (Lipinski definition) is 6. The molecule has 1 aromatic heterocycles. The fraction of sp³-hybridized carbons (Fsp3) is 0.722. The average Bonchev–Trinajstić information content (AvgIpc) is 2.92. The first kappa shape index (κ1) is 19.3. The third kappa shape index (κ3) is 4.81. The van der Waals surface area contributed by atoms with Gasteiger partial charge in [-0.1, -0.05) is 0 Å². The number of anilines is 1. The van der Waals surface area contributed by atoms with Gasteiger partial charge >= 0.3 is 0 Å². The van der Waals surface area contributed by atoms with Crippen molar-refractivity contribution in [2.45, 2.75) is 26.7 Å². The third-order valence-electron chi connectivity index (χ3n) is 5.31. The van der Waals surface area contributed by atoms with Gasteiger partial charge in [-0.15, -0.1) is 11.3 Å². The van der Waals surface area contributed by atoms with Crippen molar-refractivity contribution < 1.29 is 9.59 Å². The maximum atomic E-state index is 12.8. The van der Waals surface area contributed by atoms with E-state index in [2.05, 4.69) is 27.1 Å². The highest BCUT2D eigenvalue weighted by Gasteiger charge is 2.31. The van der Waals surface area contributed by atoms with Gasteiger partial charge in [0.25, 0.3) is 0 Å². The van der Waals surface area contributed by atoms with Crippen molar-refractivity contribution in [2.24, 2.45) is 5.92 Å². The number of likely N-dealkylation sites (tertiary alicyclic amines) is 1. The minimum atomic E-state index is -0.0496. The van der Waals surface area contributed by atoms with E-state index in [1.54, 1.807) is 0 Å². The van der Waals surface area contributed by atoms with Gasteiger partial charge in [0, 0.05) is 37.6 Å². The maximum Gasteiger partial charge on any atom is 0.240 e. The molecule has 144 valence electrons. The zero-order chi connectivity index (χ0) is 18.7. The van der Waals surface area contributed by atoms with Crippen LogP contribution in [0.5, 0.6) is 0 Å². The fourth-order valence-corrected chi connectivity index (χ4v) is 4.40. The minimum Gasteiger partial charge on any atom is -0.340 e. The molecule has 7 nitrogen and oxygen atoms in total. The largest absolute Gasteiger partial charge is 0.340 e. The third-order valence-corrected chi connectivity index (χ3v) is 6.30. The Kier molecular flexibility index (Phi) is 6.26. The van der Waals surface area contributed by atoms with Gasteiger partial charge in [-0.05, 0) is 40.3 Å². The summed E-state index contributed by atoms with van der Waals surface area (Å²) in [6.45, 7) is 9.33. The van der Waals surface area contributed by atoms with Crippen LogP contribution in [-0.2, 0) is 9.59 Å². The van der Waals surface area contributed by atoms with Crippen molar-refractivity contribution in [3.8, 4) is 0 Å². The number of carbonyl (C=O) groups excluding carboxylic acids is 2. The summed E-state index contributed by atoms with van der Waals surface area (Å²) in [6, 6.07) is 0. The Bertz CT molecular complexity index is 635. The molecule has 1 unspecified atom stereocenters. The van der Waals surface area contributed by atoms with Crippen LogP contribution in [-0.4, -0.2) is 84.4 Å². The normalized spacial score (nSPS) is 22.4. The highest BCUT2D eigenvalue weighted by molar-refractivity contribution is 7.15. The molecular weight excluding hydrogens is 350 g/mol. The predicted molar refractivity (Wildman–Crippen MR) is 103 cm³/mol. The lowest BCUT2D eigenvalue weighted by Crippen LogP contribution is -2.52. The zero-order valence-corrected chi connectivity index (χ0v) is 16.8. The topological polar surface area (TPSA) is 68.8 Å². The van der Waals surface area contributed by atoms with E-state index in [0.717, 1.165) is 56.1 Å². The van der Waals surface area contributed by atoms with Crippen LogP contribution < -0.4 is 5.32 Å². The molecule has 26 heavy (non-hydrogen) atoms. The van der Waals surface area contributed by atoms with Crippen molar-refractivity contribution in [3.05, 3.63) is 10.6 Å². The molecule has 3 rings (SSSR count). The zero-order valence-electron chi connectivity index (χ0n) is 16.0. The number of carbonyl (C=O) groups is 2. The van der Waals surface area contributed by atoms with E-state index >= 15 is 0 Å². The number of hydrogen-bond donors (Lipinski definition) is 1. The van der Waals surface area contributed by atoms with Gasteiger partial charge in [-0.25, -0.2) is 4.98 Å². The minimum absolute atomic E-state index is 0.0179. The van der Waals surface area contributed by atoms with Gasteiger partial charge in [0.1, 0.15) is 0 Å². The number of aryl methyl sites for hydroxylation is 2. The summed E-state index contributed by atoms with van der Waals surface area (Å²) in [7, 11) is 2.09. The Morgan fingerprint density at radius 3 is 2.58 bits per heavy atom. The molecule has 0 bridgehead atoms. The molecular formula is C18H29N5O2S. The van der Waals surface area contributed by atoms with Crippen LogP contribution in [0.1, 0.15) is 23.4 Å². The highest BCUT2D eigenvalue weighted by atomic mass is 32.1. The molecule has 2 aliphatic heterocycles. The van der Waals surface area contributed by atoms with Crippen LogP contribution in [0, 0.1) is 19.8 Å². The number of thiazole rings is 1. The van der Waals surface area contributed by atoms with Crippen molar-refractivity contribution in [1.29, 1.82) is 0 Å². The van der Waals surface area contributed by atoms with Gasteiger partial charge in [-0.3, -0.25) is 14.5 Å². The predicted octanol–water partition coefficient (Wildman–Crippen LogP) is 1.18. The SMILES string of the molecule is Cc1nc(NC(=O)CN2CCCC(C(=O)N3CCN(C)CC3)C2)sc1C. The smallest absolute Gasteiger partial charge is 0.240 e. The Morgan fingerprint density at radius 2 is 1.92 bits per heavy atom. The molecule has 1 N–H and O–H groups in total. The second-order valence-corrected chi connectivity index (χ2v) is 8.61. The van der Waals surface area contributed by atoms with Crippen LogP contribution in [0.4, 0.5) is 5.13 Å². The summed E-state index contributed by atoms with van der Waals surface area (Å²) < 4.78 is 0. The first-order valence-corrected chi connectivity index (χ1v) is 10.2. The molecule has 2 amide bonds. The van der Waals surface area contributed by atoms with Crippen molar-refractivity contribution in [1.82, 2.24) is 19.7 Å². The summed E-state index contributed by atoms with van der Waals surface area (Å²) in [5, 5.41) is 3.55. The van der Waals surface area contributed by atoms with E-state index < -0.39 is 0 Å². The summed E-state index contributed by atoms with van der Waals surface area (Å²) in [5.41, 5.74) is 0.959. The summed E-state index contributed by atoms with van der Waals surface area (Å²) in [5.74, 6) is 0.227. The van der Waals surface area contributed by atoms with E-state index in [0.29, 0.717) is 18.2 Å². The average molecular weight is 380 g/mol. The molecule has 1 aromatic rings.